The van der Waals surface area contributed by atoms with Crippen molar-refractivity contribution in [2.24, 2.45) is 23.7 Å². The highest BCUT2D eigenvalue weighted by atomic mass is 16.5. The van der Waals surface area contributed by atoms with E-state index in [1.54, 1.807) is 0 Å². The Balaban J connectivity index is 2.19. The maximum absolute atomic E-state index is 7.62. The summed E-state index contributed by atoms with van der Waals surface area (Å²) in [6.07, 6.45) is 12.1. The summed E-state index contributed by atoms with van der Waals surface area (Å²) in [5.41, 5.74) is 2.82. The summed E-state index contributed by atoms with van der Waals surface area (Å²) in [7, 11) is 0. The van der Waals surface area contributed by atoms with E-state index in [2.05, 4.69) is 145 Å². The first-order chi connectivity index (χ1) is 18.9. The standard InChI is InChI=1S/C38H52O/c1-7-9-19-33(8-2)37(27-26-32(28-30(3)4)29-31(5)6)39-38(34-20-13-10-14-21-34,35-22-15-11-16-23-35)36-24-17-12-18-25-36/h10-18,20-27,30-33,37H,7-9,19,28-29H2,1-6H3/b27-26+. The molecule has 0 N–H and O–H groups in total. The average Bonchev–Trinajstić information content (AvgIpc) is 2.95. The van der Waals surface area contributed by atoms with Gasteiger partial charge in [0.1, 0.15) is 5.60 Å². The SMILES string of the molecule is CCCCC(CC)C(/C=C/C(CC(C)C)CC(C)C)OC(c1ccccc1)(c1ccccc1)c1ccccc1. The topological polar surface area (TPSA) is 9.23 Å². The van der Waals surface area contributed by atoms with Crippen LogP contribution in [0.25, 0.3) is 0 Å². The number of hydrogen-bond donors (Lipinski definition) is 0. The zero-order valence-electron chi connectivity index (χ0n) is 25.4. The molecule has 1 nitrogen and oxygen atoms in total. The molecular formula is C38H52O. The second-order valence-electron chi connectivity index (χ2n) is 12.1. The normalized spacial score (nSPS) is 14.0. The summed E-state index contributed by atoms with van der Waals surface area (Å²) < 4.78 is 7.62. The van der Waals surface area contributed by atoms with Gasteiger partial charge < -0.3 is 4.74 Å². The van der Waals surface area contributed by atoms with Crippen molar-refractivity contribution in [1.29, 1.82) is 0 Å². The van der Waals surface area contributed by atoms with Crippen molar-refractivity contribution in [1.82, 2.24) is 0 Å². The Bertz CT molecular complexity index is 961. The molecule has 0 aliphatic rings. The number of ether oxygens (including phenoxy) is 1. The molecule has 0 saturated heterocycles. The molecule has 0 amide bonds. The fourth-order valence-corrected chi connectivity index (χ4v) is 6.02. The van der Waals surface area contributed by atoms with Crippen molar-refractivity contribution in [3.8, 4) is 0 Å². The fraction of sp³-hybridized carbons (Fsp3) is 0.474. The summed E-state index contributed by atoms with van der Waals surface area (Å²) in [5, 5.41) is 0. The van der Waals surface area contributed by atoms with Crippen molar-refractivity contribution >= 4 is 0 Å². The molecule has 0 fully saturated rings. The number of unbranched alkanes of at least 4 members (excludes halogenated alkanes) is 1. The van der Waals surface area contributed by atoms with E-state index in [9.17, 15) is 0 Å². The van der Waals surface area contributed by atoms with Crippen LogP contribution in [0.15, 0.2) is 103 Å². The van der Waals surface area contributed by atoms with Gasteiger partial charge in [-0.2, -0.15) is 0 Å². The van der Waals surface area contributed by atoms with E-state index in [1.807, 2.05) is 0 Å². The first kappa shape index (κ1) is 30.9. The molecular weight excluding hydrogens is 472 g/mol. The molecule has 3 aromatic carbocycles. The van der Waals surface area contributed by atoms with Crippen LogP contribution in [0.5, 0.6) is 0 Å². The minimum Gasteiger partial charge on any atom is -0.353 e. The molecule has 1 heteroatoms. The van der Waals surface area contributed by atoms with Crippen LogP contribution in [0.4, 0.5) is 0 Å². The van der Waals surface area contributed by atoms with Crippen LogP contribution in [-0.4, -0.2) is 6.10 Å². The Morgan fingerprint density at radius 1 is 0.641 bits per heavy atom. The Hall–Kier alpha value is -2.64. The van der Waals surface area contributed by atoms with E-state index < -0.39 is 5.60 Å². The summed E-state index contributed by atoms with van der Waals surface area (Å²) in [4.78, 5) is 0. The van der Waals surface area contributed by atoms with E-state index in [0.29, 0.717) is 23.7 Å². The third-order valence-electron chi connectivity index (χ3n) is 7.89. The first-order valence-electron chi connectivity index (χ1n) is 15.4. The molecule has 0 spiro atoms. The Morgan fingerprint density at radius 3 is 1.44 bits per heavy atom. The van der Waals surface area contributed by atoms with Gasteiger partial charge in [-0.05, 0) is 59.6 Å². The van der Waals surface area contributed by atoms with Gasteiger partial charge in [0.05, 0.1) is 6.10 Å². The largest absolute Gasteiger partial charge is 0.353 e. The molecule has 0 aliphatic heterocycles. The Morgan fingerprint density at radius 2 is 1.08 bits per heavy atom. The van der Waals surface area contributed by atoms with Crippen LogP contribution in [-0.2, 0) is 10.3 Å². The van der Waals surface area contributed by atoms with Gasteiger partial charge in [-0.3, -0.25) is 0 Å². The third-order valence-corrected chi connectivity index (χ3v) is 7.89. The van der Waals surface area contributed by atoms with Gasteiger partial charge in [-0.15, -0.1) is 0 Å². The number of hydrogen-bond acceptors (Lipinski definition) is 1. The van der Waals surface area contributed by atoms with E-state index in [-0.39, 0.29) is 6.10 Å². The Labute approximate surface area is 239 Å². The molecule has 3 rings (SSSR count). The molecule has 0 radical (unpaired) electrons. The monoisotopic (exact) mass is 524 g/mol. The highest BCUT2D eigenvalue weighted by Gasteiger charge is 2.40. The lowest BCUT2D eigenvalue weighted by molar-refractivity contribution is -0.0531. The third kappa shape index (κ3) is 8.67. The smallest absolute Gasteiger partial charge is 0.144 e. The van der Waals surface area contributed by atoms with Gasteiger partial charge >= 0.3 is 0 Å². The van der Waals surface area contributed by atoms with E-state index in [0.717, 1.165) is 6.42 Å². The van der Waals surface area contributed by atoms with Gasteiger partial charge in [-0.25, -0.2) is 0 Å². The number of rotatable bonds is 16. The Kier molecular flexibility index (Phi) is 12.5. The van der Waals surface area contributed by atoms with Crippen LogP contribution in [0.2, 0.25) is 0 Å². The molecule has 2 unspecified atom stereocenters. The zero-order valence-corrected chi connectivity index (χ0v) is 25.4. The zero-order chi connectivity index (χ0) is 28.1. The maximum Gasteiger partial charge on any atom is 0.144 e. The van der Waals surface area contributed by atoms with Crippen LogP contribution >= 0.6 is 0 Å². The lowest BCUT2D eigenvalue weighted by Crippen LogP contribution is -2.39. The van der Waals surface area contributed by atoms with E-state index in [1.165, 1.54) is 48.8 Å². The van der Waals surface area contributed by atoms with Gasteiger partial charge in [0.15, 0.2) is 0 Å². The van der Waals surface area contributed by atoms with Crippen molar-refractivity contribution in [3.05, 3.63) is 120 Å². The fourth-order valence-electron chi connectivity index (χ4n) is 6.02. The van der Waals surface area contributed by atoms with Gasteiger partial charge in [0, 0.05) is 0 Å². The second kappa shape index (κ2) is 15.8. The average molecular weight is 525 g/mol. The van der Waals surface area contributed by atoms with Crippen LogP contribution in [0, 0.1) is 23.7 Å². The minimum atomic E-state index is -0.704. The van der Waals surface area contributed by atoms with Crippen molar-refractivity contribution in [2.75, 3.05) is 0 Å². The maximum atomic E-state index is 7.62. The van der Waals surface area contributed by atoms with Crippen molar-refractivity contribution in [3.63, 3.8) is 0 Å². The molecule has 3 aromatic rings. The molecule has 39 heavy (non-hydrogen) atoms. The molecule has 0 heterocycles. The minimum absolute atomic E-state index is 0.00370. The van der Waals surface area contributed by atoms with Crippen molar-refractivity contribution < 1.29 is 4.74 Å². The number of allylic oxidation sites excluding steroid dienone is 1. The van der Waals surface area contributed by atoms with Crippen molar-refractivity contribution in [2.45, 2.75) is 91.8 Å². The molecule has 0 bridgehead atoms. The second-order valence-corrected chi connectivity index (χ2v) is 12.1. The first-order valence-corrected chi connectivity index (χ1v) is 15.4. The predicted octanol–water partition coefficient (Wildman–Crippen LogP) is 10.8. The molecule has 0 aliphatic carbocycles. The lowest BCUT2D eigenvalue weighted by atomic mass is 9.79. The summed E-state index contributed by atoms with van der Waals surface area (Å²) in [6, 6.07) is 32.5. The van der Waals surface area contributed by atoms with Gasteiger partial charge in [0.2, 0.25) is 0 Å². The van der Waals surface area contributed by atoms with Gasteiger partial charge in [-0.1, -0.05) is 164 Å². The van der Waals surface area contributed by atoms with Crippen LogP contribution in [0.3, 0.4) is 0 Å². The lowest BCUT2D eigenvalue weighted by Gasteiger charge is -2.40. The van der Waals surface area contributed by atoms with E-state index >= 15 is 0 Å². The molecule has 2 atom stereocenters. The summed E-state index contributed by atoms with van der Waals surface area (Å²) >= 11 is 0. The summed E-state index contributed by atoms with van der Waals surface area (Å²) in [5.74, 6) is 2.38. The van der Waals surface area contributed by atoms with E-state index in [4.69, 9.17) is 4.74 Å². The molecule has 0 saturated carbocycles. The highest BCUT2D eigenvalue weighted by Crippen LogP contribution is 2.43. The molecule has 0 aromatic heterocycles. The molecule has 210 valence electrons. The quantitative estimate of drug-likeness (QED) is 0.134. The number of benzene rings is 3. The summed E-state index contributed by atoms with van der Waals surface area (Å²) in [6.45, 7) is 14.0. The van der Waals surface area contributed by atoms with Gasteiger partial charge in [0.25, 0.3) is 0 Å². The van der Waals surface area contributed by atoms with Crippen LogP contribution in [0.1, 0.15) is 96.8 Å². The van der Waals surface area contributed by atoms with Crippen LogP contribution < -0.4 is 0 Å². The highest BCUT2D eigenvalue weighted by molar-refractivity contribution is 5.47. The predicted molar refractivity (Wildman–Crippen MR) is 169 cm³/mol.